The predicted octanol–water partition coefficient (Wildman–Crippen LogP) is 2.12. The first-order valence-corrected chi connectivity index (χ1v) is 6.84. The third kappa shape index (κ3) is 4.55. The quantitative estimate of drug-likeness (QED) is 0.705. The summed E-state index contributed by atoms with van der Waals surface area (Å²) < 4.78 is 0. The lowest BCUT2D eigenvalue weighted by molar-refractivity contribution is -0.138. The van der Waals surface area contributed by atoms with Crippen LogP contribution in [0.4, 0.5) is 4.79 Å². The topological polar surface area (TPSA) is 78.4 Å². The Hall–Kier alpha value is -1.26. The zero-order chi connectivity index (χ0) is 13.5. The van der Waals surface area contributed by atoms with Gasteiger partial charge in [-0.05, 0) is 32.1 Å². The van der Waals surface area contributed by atoms with E-state index in [4.69, 9.17) is 5.11 Å². The van der Waals surface area contributed by atoms with Gasteiger partial charge in [0.15, 0.2) is 0 Å². The van der Waals surface area contributed by atoms with Crippen molar-refractivity contribution < 1.29 is 14.7 Å². The monoisotopic (exact) mass is 256 g/mol. The first-order valence-electron chi connectivity index (χ1n) is 6.84. The molecule has 0 bridgehead atoms. The Labute approximate surface area is 108 Å². The number of hydrogen-bond acceptors (Lipinski definition) is 2. The minimum Gasteiger partial charge on any atom is -0.480 e. The number of hydrogen-bond donors (Lipinski definition) is 3. The van der Waals surface area contributed by atoms with Gasteiger partial charge in [-0.1, -0.05) is 26.2 Å². The molecule has 0 aromatic carbocycles. The van der Waals surface area contributed by atoms with E-state index >= 15 is 0 Å². The minimum absolute atomic E-state index is 0.159. The summed E-state index contributed by atoms with van der Waals surface area (Å²) in [5, 5.41) is 14.1. The molecule has 0 radical (unpaired) electrons. The van der Waals surface area contributed by atoms with Crippen molar-refractivity contribution in [3.05, 3.63) is 0 Å². The first-order chi connectivity index (χ1) is 8.54. The second-order valence-corrected chi connectivity index (χ2v) is 5.09. The molecule has 0 aromatic rings. The fraction of sp³-hybridized carbons (Fsp3) is 0.846. The van der Waals surface area contributed by atoms with Crippen molar-refractivity contribution >= 4 is 12.0 Å². The van der Waals surface area contributed by atoms with Gasteiger partial charge in [-0.25, -0.2) is 4.79 Å². The summed E-state index contributed by atoms with van der Waals surface area (Å²) in [5.74, 6) is -0.481. The van der Waals surface area contributed by atoms with Crippen LogP contribution in [0.5, 0.6) is 0 Å². The van der Waals surface area contributed by atoms with Crippen LogP contribution in [-0.2, 0) is 4.79 Å². The molecular formula is C13H24N2O3. The molecule has 5 nitrogen and oxygen atoms in total. The first kappa shape index (κ1) is 14.8. The highest BCUT2D eigenvalue weighted by atomic mass is 16.4. The summed E-state index contributed by atoms with van der Waals surface area (Å²) in [7, 11) is 0. The van der Waals surface area contributed by atoms with Crippen molar-refractivity contribution in [3.8, 4) is 0 Å². The van der Waals surface area contributed by atoms with E-state index in [1.165, 1.54) is 26.2 Å². The molecule has 5 heteroatoms. The molecule has 3 N–H and O–H groups in total. The molecule has 0 saturated heterocycles. The molecule has 1 rings (SSSR count). The largest absolute Gasteiger partial charge is 0.480 e. The predicted molar refractivity (Wildman–Crippen MR) is 69.4 cm³/mol. The summed E-state index contributed by atoms with van der Waals surface area (Å²) in [6.07, 6.45) is 6.96. The summed E-state index contributed by atoms with van der Waals surface area (Å²) in [4.78, 5) is 22.3. The summed E-state index contributed by atoms with van der Waals surface area (Å²) in [5.41, 5.74) is 0. The van der Waals surface area contributed by atoms with Crippen molar-refractivity contribution in [3.63, 3.8) is 0 Å². The standard InChI is InChI=1S/C13H24N2O3/c1-3-11(10-7-5-4-6-8-10)15-13(18)14-9(2)12(16)17/h9-11H,3-8H2,1-2H3,(H,16,17)(H2,14,15,18)/t9-,11?/m0/s1. The van der Waals surface area contributed by atoms with Crippen LogP contribution in [-0.4, -0.2) is 29.2 Å². The Morgan fingerprint density at radius 2 is 1.83 bits per heavy atom. The lowest BCUT2D eigenvalue weighted by atomic mass is 9.83. The molecule has 1 saturated carbocycles. The highest BCUT2D eigenvalue weighted by Gasteiger charge is 2.24. The van der Waals surface area contributed by atoms with Gasteiger partial charge >= 0.3 is 12.0 Å². The number of aliphatic carboxylic acids is 1. The van der Waals surface area contributed by atoms with Crippen LogP contribution in [0, 0.1) is 5.92 Å². The van der Waals surface area contributed by atoms with Gasteiger partial charge in [-0.15, -0.1) is 0 Å². The maximum absolute atomic E-state index is 11.7. The van der Waals surface area contributed by atoms with E-state index in [2.05, 4.69) is 17.6 Å². The molecular weight excluding hydrogens is 232 g/mol. The average Bonchev–Trinajstić information content (AvgIpc) is 2.36. The van der Waals surface area contributed by atoms with Crippen molar-refractivity contribution in [1.29, 1.82) is 0 Å². The Balaban J connectivity index is 2.41. The molecule has 18 heavy (non-hydrogen) atoms. The van der Waals surface area contributed by atoms with Crippen molar-refractivity contribution in [2.75, 3.05) is 0 Å². The molecule has 1 fully saturated rings. The SMILES string of the molecule is CCC(NC(=O)N[C@@H](C)C(=O)O)C1CCCCC1. The van der Waals surface area contributed by atoms with Gasteiger partial charge in [-0.3, -0.25) is 4.79 Å². The highest BCUT2D eigenvalue weighted by molar-refractivity contribution is 5.82. The zero-order valence-corrected chi connectivity index (χ0v) is 11.2. The number of carbonyl (C=O) groups excluding carboxylic acids is 1. The molecule has 1 aliphatic rings. The summed E-state index contributed by atoms with van der Waals surface area (Å²) in [6, 6.07) is -1.07. The molecule has 0 heterocycles. The van der Waals surface area contributed by atoms with Gasteiger partial charge in [0.25, 0.3) is 0 Å². The average molecular weight is 256 g/mol. The van der Waals surface area contributed by atoms with Gasteiger partial charge in [0.2, 0.25) is 0 Å². The van der Waals surface area contributed by atoms with Crippen LogP contribution in [0.25, 0.3) is 0 Å². The van der Waals surface area contributed by atoms with E-state index in [0.29, 0.717) is 5.92 Å². The van der Waals surface area contributed by atoms with Crippen molar-refractivity contribution in [1.82, 2.24) is 10.6 Å². The molecule has 2 atom stereocenters. The van der Waals surface area contributed by atoms with Crippen LogP contribution < -0.4 is 10.6 Å². The van der Waals surface area contributed by atoms with Gasteiger partial charge < -0.3 is 15.7 Å². The lowest BCUT2D eigenvalue weighted by Gasteiger charge is -2.30. The molecule has 1 unspecified atom stereocenters. The van der Waals surface area contributed by atoms with Gasteiger partial charge in [0.1, 0.15) is 6.04 Å². The number of amides is 2. The second-order valence-electron chi connectivity index (χ2n) is 5.09. The molecule has 0 spiro atoms. The zero-order valence-electron chi connectivity index (χ0n) is 11.2. The number of carboxylic acids is 1. The number of urea groups is 1. The molecule has 2 amide bonds. The van der Waals surface area contributed by atoms with Crippen LogP contribution >= 0.6 is 0 Å². The van der Waals surface area contributed by atoms with Gasteiger partial charge in [-0.2, -0.15) is 0 Å². The number of carbonyl (C=O) groups is 2. The van der Waals surface area contributed by atoms with Crippen molar-refractivity contribution in [2.45, 2.75) is 64.5 Å². The van der Waals surface area contributed by atoms with Crippen LogP contribution in [0.2, 0.25) is 0 Å². The number of nitrogens with one attached hydrogen (secondary N) is 2. The molecule has 104 valence electrons. The van der Waals surface area contributed by atoms with Crippen LogP contribution in [0.3, 0.4) is 0 Å². The van der Waals surface area contributed by atoms with Gasteiger partial charge in [0, 0.05) is 6.04 Å². The highest BCUT2D eigenvalue weighted by Crippen LogP contribution is 2.27. The molecule has 1 aliphatic carbocycles. The van der Waals surface area contributed by atoms with E-state index < -0.39 is 12.0 Å². The van der Waals surface area contributed by atoms with Crippen LogP contribution in [0.15, 0.2) is 0 Å². The number of rotatable bonds is 5. The minimum atomic E-state index is -1.02. The Kier molecular flexibility index (Phi) is 5.95. The Morgan fingerprint density at radius 3 is 2.33 bits per heavy atom. The number of carboxylic acid groups (broad SMARTS) is 1. The Morgan fingerprint density at radius 1 is 1.22 bits per heavy atom. The maximum atomic E-state index is 11.7. The summed E-state index contributed by atoms with van der Waals surface area (Å²) in [6.45, 7) is 3.52. The third-order valence-electron chi connectivity index (χ3n) is 3.69. The second kappa shape index (κ2) is 7.24. The smallest absolute Gasteiger partial charge is 0.325 e. The van der Waals surface area contributed by atoms with E-state index in [-0.39, 0.29) is 12.1 Å². The Bertz CT molecular complexity index is 288. The van der Waals surface area contributed by atoms with E-state index in [1.807, 2.05) is 0 Å². The van der Waals surface area contributed by atoms with E-state index in [0.717, 1.165) is 19.3 Å². The van der Waals surface area contributed by atoms with Crippen molar-refractivity contribution in [2.24, 2.45) is 5.92 Å². The van der Waals surface area contributed by atoms with Gasteiger partial charge in [0.05, 0.1) is 0 Å². The molecule has 0 aliphatic heterocycles. The maximum Gasteiger partial charge on any atom is 0.325 e. The summed E-state index contributed by atoms with van der Waals surface area (Å²) >= 11 is 0. The normalized spacial score (nSPS) is 19.9. The fourth-order valence-corrected chi connectivity index (χ4v) is 2.56. The lowest BCUT2D eigenvalue weighted by Crippen LogP contribution is -2.49. The van der Waals surface area contributed by atoms with Crippen LogP contribution in [0.1, 0.15) is 52.4 Å². The van der Waals surface area contributed by atoms with E-state index in [1.54, 1.807) is 0 Å². The fourth-order valence-electron chi connectivity index (χ4n) is 2.56. The third-order valence-corrected chi connectivity index (χ3v) is 3.69. The molecule has 0 aromatic heterocycles. The van der Waals surface area contributed by atoms with E-state index in [9.17, 15) is 9.59 Å².